The first-order chi connectivity index (χ1) is 10.6. The maximum Gasteiger partial charge on any atom is 0.125 e. The second-order valence-corrected chi connectivity index (χ2v) is 5.49. The van der Waals surface area contributed by atoms with Gasteiger partial charge in [0.25, 0.3) is 0 Å². The summed E-state index contributed by atoms with van der Waals surface area (Å²) in [6.07, 6.45) is 1.69. The molecule has 2 aliphatic heterocycles. The number of fused-ring (bicyclic) bond motifs is 1. The number of phenolic OH excluding ortho intramolecular Hbond substituents is 1. The van der Waals surface area contributed by atoms with Gasteiger partial charge in [-0.25, -0.2) is 4.39 Å². The monoisotopic (exact) mass is 305 g/mol. The normalized spacial score (nSPS) is 22.3. The van der Waals surface area contributed by atoms with Crippen LogP contribution in [0.4, 0.5) is 4.39 Å². The lowest BCUT2D eigenvalue weighted by Crippen LogP contribution is -2.58. The zero-order valence-electron chi connectivity index (χ0n) is 12.1. The highest BCUT2D eigenvalue weighted by Crippen LogP contribution is 2.26. The van der Waals surface area contributed by atoms with E-state index in [-0.39, 0.29) is 17.0 Å². The number of piperazine rings is 1. The van der Waals surface area contributed by atoms with Crippen LogP contribution >= 0.6 is 0 Å². The average Bonchev–Trinajstić information content (AvgIpc) is 2.52. The van der Waals surface area contributed by atoms with Gasteiger partial charge in [-0.3, -0.25) is 0 Å². The van der Waals surface area contributed by atoms with Gasteiger partial charge in [-0.2, -0.15) is 0 Å². The van der Waals surface area contributed by atoms with Crippen molar-refractivity contribution in [2.75, 3.05) is 26.2 Å². The lowest BCUT2D eigenvalue weighted by Gasteiger charge is -2.42. The second-order valence-electron chi connectivity index (χ2n) is 5.49. The minimum absolute atomic E-state index is 0.0602. The summed E-state index contributed by atoms with van der Waals surface area (Å²) in [5.74, 6) is 0.0277. The third-order valence-corrected chi connectivity index (χ3v) is 4.03. The number of hydrogen-bond acceptors (Lipinski definition) is 6. The number of aromatic hydroxyl groups is 1. The van der Waals surface area contributed by atoms with Crippen LogP contribution in [0.5, 0.6) is 5.75 Å². The van der Waals surface area contributed by atoms with E-state index < -0.39 is 5.82 Å². The van der Waals surface area contributed by atoms with Gasteiger partial charge in [0.15, 0.2) is 0 Å². The van der Waals surface area contributed by atoms with Crippen LogP contribution < -0.4 is 22.1 Å². The van der Waals surface area contributed by atoms with Crippen LogP contribution in [0.25, 0.3) is 5.70 Å². The highest BCUT2D eigenvalue weighted by Gasteiger charge is 2.28. The van der Waals surface area contributed by atoms with E-state index in [1.807, 2.05) is 0 Å². The van der Waals surface area contributed by atoms with Crippen LogP contribution in [-0.2, 0) is 0 Å². The fraction of sp³-hybridized carbons (Fsp3) is 0.333. The van der Waals surface area contributed by atoms with Gasteiger partial charge < -0.3 is 32.1 Å². The fourth-order valence-corrected chi connectivity index (χ4v) is 2.86. The number of phenols is 1. The van der Waals surface area contributed by atoms with Crippen LogP contribution in [0.2, 0.25) is 0 Å². The third-order valence-electron chi connectivity index (χ3n) is 4.03. The Bertz CT molecular complexity index is 643. The smallest absolute Gasteiger partial charge is 0.125 e. The van der Waals surface area contributed by atoms with E-state index >= 15 is 0 Å². The molecular formula is C15H20FN5O. The zero-order valence-corrected chi connectivity index (χ0v) is 12.1. The Hall–Kier alpha value is -2.41. The van der Waals surface area contributed by atoms with E-state index in [0.717, 1.165) is 31.9 Å². The second kappa shape index (κ2) is 5.76. The molecule has 0 aliphatic carbocycles. The van der Waals surface area contributed by atoms with Gasteiger partial charge in [-0.15, -0.1) is 0 Å². The molecule has 1 atom stereocenters. The van der Waals surface area contributed by atoms with Crippen LogP contribution in [0.15, 0.2) is 35.8 Å². The van der Waals surface area contributed by atoms with E-state index in [0.29, 0.717) is 11.9 Å². The lowest BCUT2D eigenvalue weighted by atomic mass is 10.1. The van der Waals surface area contributed by atoms with E-state index in [1.165, 1.54) is 18.2 Å². The third kappa shape index (κ3) is 2.67. The minimum atomic E-state index is -0.451. The Kier molecular flexibility index (Phi) is 3.81. The van der Waals surface area contributed by atoms with Crippen molar-refractivity contribution in [2.45, 2.75) is 6.04 Å². The predicted octanol–water partition coefficient (Wildman–Crippen LogP) is -0.164. The largest absolute Gasteiger partial charge is 0.507 e. The maximum atomic E-state index is 13.4. The molecule has 0 bridgehead atoms. The van der Waals surface area contributed by atoms with Crippen LogP contribution in [0.3, 0.4) is 0 Å². The zero-order chi connectivity index (χ0) is 15.7. The van der Waals surface area contributed by atoms with E-state index in [9.17, 15) is 9.50 Å². The Morgan fingerprint density at radius 3 is 3.05 bits per heavy atom. The van der Waals surface area contributed by atoms with Crippen LogP contribution in [0, 0.1) is 5.82 Å². The number of nitrogens with zero attached hydrogens (tertiary/aromatic N) is 1. The molecule has 0 radical (unpaired) electrons. The fourth-order valence-electron chi connectivity index (χ4n) is 2.86. The number of nitrogens with one attached hydrogen (secondary N) is 2. The summed E-state index contributed by atoms with van der Waals surface area (Å²) in [5.41, 5.74) is 13.4. The first-order valence-corrected chi connectivity index (χ1v) is 7.23. The van der Waals surface area contributed by atoms with E-state index in [1.54, 1.807) is 6.08 Å². The first kappa shape index (κ1) is 14.5. The van der Waals surface area contributed by atoms with Crippen molar-refractivity contribution in [3.8, 4) is 5.75 Å². The molecule has 22 heavy (non-hydrogen) atoms. The van der Waals surface area contributed by atoms with Gasteiger partial charge in [-0.05, 0) is 24.3 Å². The molecule has 1 fully saturated rings. The van der Waals surface area contributed by atoms with Crippen molar-refractivity contribution in [1.82, 2.24) is 15.5 Å². The van der Waals surface area contributed by atoms with Gasteiger partial charge >= 0.3 is 0 Å². The van der Waals surface area contributed by atoms with Crippen molar-refractivity contribution in [2.24, 2.45) is 11.5 Å². The van der Waals surface area contributed by atoms with Crippen LogP contribution in [-0.4, -0.2) is 42.2 Å². The summed E-state index contributed by atoms with van der Waals surface area (Å²) in [6, 6.07) is 3.98. The number of halogens is 1. The number of hydrogen-bond donors (Lipinski definition) is 5. The summed E-state index contributed by atoms with van der Waals surface area (Å²) in [6.45, 7) is 3.32. The van der Waals surface area contributed by atoms with E-state index in [2.05, 4.69) is 15.5 Å². The molecule has 0 spiro atoms. The molecule has 0 amide bonds. The number of nitrogens with two attached hydrogens (primary N) is 2. The molecule has 1 saturated heterocycles. The lowest BCUT2D eigenvalue weighted by molar-refractivity contribution is 0.195. The molecule has 7 heteroatoms. The van der Waals surface area contributed by atoms with Gasteiger partial charge in [-0.1, -0.05) is 0 Å². The molecular weight excluding hydrogens is 285 g/mol. The topological polar surface area (TPSA) is 99.6 Å². The van der Waals surface area contributed by atoms with Crippen LogP contribution in [0.1, 0.15) is 5.56 Å². The van der Waals surface area contributed by atoms with Gasteiger partial charge in [0, 0.05) is 37.4 Å². The highest BCUT2D eigenvalue weighted by atomic mass is 19.1. The molecule has 3 rings (SSSR count). The molecule has 2 aliphatic rings. The maximum absolute atomic E-state index is 13.4. The SMILES string of the molecule is NC1=C(/C=C(\N)c2cc(F)ccc2O)N2CCNCC2CN1. The summed E-state index contributed by atoms with van der Waals surface area (Å²) in [7, 11) is 0. The highest BCUT2D eigenvalue weighted by molar-refractivity contribution is 5.70. The summed E-state index contributed by atoms with van der Waals surface area (Å²) in [5, 5.41) is 16.3. The molecule has 118 valence electrons. The Morgan fingerprint density at radius 2 is 2.23 bits per heavy atom. The molecule has 0 saturated carbocycles. The summed E-state index contributed by atoms with van der Waals surface area (Å²) >= 11 is 0. The van der Waals surface area contributed by atoms with Gasteiger partial charge in [0.1, 0.15) is 17.4 Å². The standard InChI is InChI=1S/C15H20FN5O/c16-9-1-2-14(22)11(5-9)12(17)6-13-15(18)20-8-10-7-19-3-4-21(10)13/h1-2,5-6,10,19-20,22H,3-4,7-8,17-18H2/b12-6-. The number of allylic oxidation sites excluding steroid dienone is 1. The van der Waals surface area contributed by atoms with E-state index in [4.69, 9.17) is 11.5 Å². The minimum Gasteiger partial charge on any atom is -0.507 e. The first-order valence-electron chi connectivity index (χ1n) is 7.23. The summed E-state index contributed by atoms with van der Waals surface area (Å²) in [4.78, 5) is 2.19. The van der Waals surface area contributed by atoms with Crippen molar-refractivity contribution < 1.29 is 9.50 Å². The number of benzene rings is 1. The average molecular weight is 305 g/mol. The summed E-state index contributed by atoms with van der Waals surface area (Å²) < 4.78 is 13.4. The molecule has 6 nitrogen and oxygen atoms in total. The Morgan fingerprint density at radius 1 is 1.41 bits per heavy atom. The molecule has 7 N–H and O–H groups in total. The predicted molar refractivity (Wildman–Crippen MR) is 82.8 cm³/mol. The van der Waals surface area contributed by atoms with Gasteiger partial charge in [0.05, 0.1) is 11.7 Å². The molecule has 1 aromatic rings. The van der Waals surface area contributed by atoms with Crippen molar-refractivity contribution >= 4 is 5.70 Å². The molecule has 1 unspecified atom stereocenters. The van der Waals surface area contributed by atoms with Crippen molar-refractivity contribution in [1.29, 1.82) is 0 Å². The Balaban J connectivity index is 1.96. The van der Waals surface area contributed by atoms with Gasteiger partial charge in [0.2, 0.25) is 0 Å². The quantitative estimate of drug-likeness (QED) is 0.520. The number of rotatable bonds is 2. The van der Waals surface area contributed by atoms with Crippen molar-refractivity contribution in [3.05, 3.63) is 47.2 Å². The van der Waals surface area contributed by atoms with Crippen molar-refractivity contribution in [3.63, 3.8) is 0 Å². The Labute approximate surface area is 128 Å². The molecule has 1 aromatic carbocycles. The molecule has 2 heterocycles. The molecule has 0 aromatic heterocycles.